The normalized spacial score (nSPS) is 14.2. The number of aliphatic hydroxyl groups is 1. The lowest BCUT2D eigenvalue weighted by molar-refractivity contribution is -0.136. The quantitative estimate of drug-likeness (QED) is 0.817. The largest absolute Gasteiger partial charge is 0.417 e. The molecule has 0 fully saturated rings. The SMILES string of the molecule is CC(O)c1cn(C)c2cccc(C(F)(F)F)c12. The lowest BCUT2D eigenvalue weighted by Crippen LogP contribution is -2.06. The molecule has 0 bridgehead atoms. The Morgan fingerprint density at radius 1 is 1.29 bits per heavy atom. The lowest BCUT2D eigenvalue weighted by Gasteiger charge is -2.10. The molecule has 0 amide bonds. The fourth-order valence-corrected chi connectivity index (χ4v) is 2.03. The monoisotopic (exact) mass is 243 g/mol. The zero-order chi connectivity index (χ0) is 12.8. The van der Waals surface area contributed by atoms with Crippen molar-refractivity contribution in [1.29, 1.82) is 0 Å². The van der Waals surface area contributed by atoms with Gasteiger partial charge in [0.15, 0.2) is 0 Å². The predicted molar refractivity (Wildman–Crippen MR) is 58.6 cm³/mol. The smallest absolute Gasteiger partial charge is 0.389 e. The number of halogens is 3. The van der Waals surface area contributed by atoms with Gasteiger partial charge in [0.2, 0.25) is 0 Å². The van der Waals surface area contributed by atoms with Crippen LogP contribution in [-0.4, -0.2) is 9.67 Å². The van der Waals surface area contributed by atoms with E-state index in [4.69, 9.17) is 0 Å². The van der Waals surface area contributed by atoms with Gasteiger partial charge in [0.05, 0.1) is 11.7 Å². The highest BCUT2D eigenvalue weighted by molar-refractivity contribution is 5.88. The first kappa shape index (κ1) is 12.0. The molecule has 0 aliphatic carbocycles. The van der Waals surface area contributed by atoms with Crippen molar-refractivity contribution >= 4 is 10.9 Å². The molecule has 1 unspecified atom stereocenters. The molecular formula is C12H12F3NO. The number of fused-ring (bicyclic) bond motifs is 1. The standard InChI is InChI=1S/C12H12F3NO/c1-7(17)8-6-16(2)10-5-3-4-9(11(8)10)12(13,14)15/h3-7,17H,1-2H3. The van der Waals surface area contributed by atoms with E-state index >= 15 is 0 Å². The first-order chi connectivity index (χ1) is 7.82. The average molecular weight is 243 g/mol. The van der Waals surface area contributed by atoms with Gasteiger partial charge in [-0.15, -0.1) is 0 Å². The van der Waals surface area contributed by atoms with E-state index in [9.17, 15) is 18.3 Å². The molecule has 2 rings (SSSR count). The number of hydrogen-bond acceptors (Lipinski definition) is 1. The van der Waals surface area contributed by atoms with Gasteiger partial charge >= 0.3 is 6.18 Å². The number of aliphatic hydroxyl groups excluding tert-OH is 1. The Balaban J connectivity index is 2.86. The van der Waals surface area contributed by atoms with Crippen LogP contribution in [0.5, 0.6) is 0 Å². The van der Waals surface area contributed by atoms with Crippen LogP contribution >= 0.6 is 0 Å². The third kappa shape index (κ3) is 1.91. The van der Waals surface area contributed by atoms with Gasteiger partial charge in [-0.3, -0.25) is 0 Å². The number of nitrogens with zero attached hydrogens (tertiary/aromatic N) is 1. The van der Waals surface area contributed by atoms with Gasteiger partial charge in [-0.2, -0.15) is 13.2 Å². The molecule has 0 radical (unpaired) electrons. The van der Waals surface area contributed by atoms with E-state index in [0.717, 1.165) is 6.07 Å². The third-order valence-corrected chi connectivity index (χ3v) is 2.80. The zero-order valence-corrected chi connectivity index (χ0v) is 9.42. The van der Waals surface area contributed by atoms with E-state index in [0.29, 0.717) is 11.1 Å². The Kier molecular flexibility index (Phi) is 2.66. The van der Waals surface area contributed by atoms with Crippen LogP contribution in [0.3, 0.4) is 0 Å². The fourth-order valence-electron chi connectivity index (χ4n) is 2.03. The maximum absolute atomic E-state index is 12.9. The Morgan fingerprint density at radius 3 is 2.47 bits per heavy atom. The van der Waals surface area contributed by atoms with Crippen LogP contribution in [0.4, 0.5) is 13.2 Å². The molecule has 0 spiro atoms. The van der Waals surface area contributed by atoms with Crippen molar-refractivity contribution in [2.45, 2.75) is 19.2 Å². The molecule has 0 aliphatic rings. The zero-order valence-electron chi connectivity index (χ0n) is 9.42. The second-order valence-corrected chi connectivity index (χ2v) is 4.07. The van der Waals surface area contributed by atoms with Gasteiger partial charge < -0.3 is 9.67 Å². The molecular weight excluding hydrogens is 231 g/mol. The first-order valence-corrected chi connectivity index (χ1v) is 5.15. The first-order valence-electron chi connectivity index (χ1n) is 5.15. The van der Waals surface area contributed by atoms with Gasteiger partial charge in [0.25, 0.3) is 0 Å². The fraction of sp³-hybridized carbons (Fsp3) is 0.333. The van der Waals surface area contributed by atoms with Crippen molar-refractivity contribution in [3.05, 3.63) is 35.5 Å². The minimum atomic E-state index is -4.41. The van der Waals surface area contributed by atoms with Crippen molar-refractivity contribution in [2.24, 2.45) is 7.05 Å². The highest BCUT2D eigenvalue weighted by atomic mass is 19.4. The highest BCUT2D eigenvalue weighted by Crippen LogP contribution is 2.38. The molecule has 2 aromatic rings. The van der Waals surface area contributed by atoms with Crippen molar-refractivity contribution in [3.8, 4) is 0 Å². The van der Waals surface area contributed by atoms with Crippen LogP contribution in [0.15, 0.2) is 24.4 Å². The van der Waals surface area contributed by atoms with Crippen LogP contribution in [0, 0.1) is 0 Å². The van der Waals surface area contributed by atoms with Crippen LogP contribution in [0.25, 0.3) is 10.9 Å². The number of hydrogen-bond donors (Lipinski definition) is 1. The minimum Gasteiger partial charge on any atom is -0.389 e. The lowest BCUT2D eigenvalue weighted by atomic mass is 10.0. The molecule has 0 aliphatic heterocycles. The highest BCUT2D eigenvalue weighted by Gasteiger charge is 2.34. The van der Waals surface area contributed by atoms with Crippen LogP contribution in [0.1, 0.15) is 24.2 Å². The Morgan fingerprint density at radius 2 is 1.94 bits per heavy atom. The average Bonchev–Trinajstić information content (AvgIpc) is 2.55. The number of rotatable bonds is 1. The summed E-state index contributed by atoms with van der Waals surface area (Å²) < 4.78 is 40.2. The summed E-state index contributed by atoms with van der Waals surface area (Å²) >= 11 is 0. The van der Waals surface area contributed by atoms with Crippen LogP contribution < -0.4 is 0 Å². The summed E-state index contributed by atoms with van der Waals surface area (Å²) in [6.45, 7) is 1.46. The van der Waals surface area contributed by atoms with Crippen LogP contribution in [-0.2, 0) is 13.2 Å². The Bertz CT molecular complexity index is 555. The van der Waals surface area contributed by atoms with Crippen molar-refractivity contribution in [2.75, 3.05) is 0 Å². The molecule has 1 aromatic carbocycles. The molecule has 1 heterocycles. The van der Waals surface area contributed by atoms with Gasteiger partial charge in [0, 0.05) is 29.7 Å². The molecule has 0 saturated carbocycles. The van der Waals surface area contributed by atoms with Crippen LogP contribution in [0.2, 0.25) is 0 Å². The molecule has 0 saturated heterocycles. The predicted octanol–water partition coefficient (Wildman–Crippen LogP) is 3.25. The van der Waals surface area contributed by atoms with Crippen molar-refractivity contribution in [3.63, 3.8) is 0 Å². The van der Waals surface area contributed by atoms with E-state index in [1.165, 1.54) is 19.2 Å². The minimum absolute atomic E-state index is 0.0810. The second kappa shape index (κ2) is 3.77. The van der Waals surface area contributed by atoms with E-state index < -0.39 is 17.8 Å². The summed E-state index contributed by atoms with van der Waals surface area (Å²) in [5.41, 5.74) is 0.0673. The topological polar surface area (TPSA) is 25.2 Å². The molecule has 1 N–H and O–H groups in total. The molecule has 1 atom stereocenters. The number of alkyl halides is 3. The summed E-state index contributed by atoms with van der Waals surface area (Å²) in [6.07, 6.45) is -3.81. The molecule has 1 aromatic heterocycles. The number of benzene rings is 1. The second-order valence-electron chi connectivity index (χ2n) is 4.07. The van der Waals surface area contributed by atoms with Crippen molar-refractivity contribution in [1.82, 2.24) is 4.57 Å². The Hall–Kier alpha value is -1.49. The maximum atomic E-state index is 12.9. The summed E-state index contributed by atoms with van der Waals surface area (Å²) in [4.78, 5) is 0. The van der Waals surface area contributed by atoms with E-state index in [1.54, 1.807) is 17.7 Å². The summed E-state index contributed by atoms with van der Waals surface area (Å²) in [6, 6.07) is 4.02. The van der Waals surface area contributed by atoms with Crippen molar-refractivity contribution < 1.29 is 18.3 Å². The van der Waals surface area contributed by atoms with Gasteiger partial charge in [-0.25, -0.2) is 0 Å². The number of aryl methyl sites for hydroxylation is 1. The van der Waals surface area contributed by atoms with E-state index in [1.807, 2.05) is 0 Å². The molecule has 92 valence electrons. The summed E-state index contributed by atoms with van der Waals surface area (Å²) in [5.74, 6) is 0. The summed E-state index contributed by atoms with van der Waals surface area (Å²) in [7, 11) is 1.66. The molecule has 5 heteroatoms. The van der Waals surface area contributed by atoms with Gasteiger partial charge in [-0.05, 0) is 19.1 Å². The molecule has 17 heavy (non-hydrogen) atoms. The molecule has 2 nitrogen and oxygen atoms in total. The number of aromatic nitrogens is 1. The maximum Gasteiger partial charge on any atom is 0.417 e. The van der Waals surface area contributed by atoms with Gasteiger partial charge in [-0.1, -0.05) is 6.07 Å². The third-order valence-electron chi connectivity index (χ3n) is 2.80. The van der Waals surface area contributed by atoms with E-state index in [2.05, 4.69) is 0 Å². The Labute approximate surface area is 96.3 Å². The van der Waals surface area contributed by atoms with Gasteiger partial charge in [0.1, 0.15) is 0 Å². The summed E-state index contributed by atoms with van der Waals surface area (Å²) in [5, 5.41) is 9.63. The van der Waals surface area contributed by atoms with E-state index in [-0.39, 0.29) is 5.39 Å².